The number of ketones is 1. The maximum atomic E-state index is 13.4. The van der Waals surface area contributed by atoms with Gasteiger partial charge in [-0.2, -0.15) is 22.0 Å². The highest BCUT2D eigenvalue weighted by molar-refractivity contribution is 7.94. The second kappa shape index (κ2) is 5.72. The summed E-state index contributed by atoms with van der Waals surface area (Å²) in [5.74, 6) is -7.35. The van der Waals surface area contributed by atoms with Gasteiger partial charge < -0.3 is 0 Å². The van der Waals surface area contributed by atoms with Crippen LogP contribution in [-0.2, 0) is 24.2 Å². The number of hydrogen-bond acceptors (Lipinski definition) is 5. The quantitative estimate of drug-likeness (QED) is 0.732. The first-order valence-corrected chi connectivity index (χ1v) is 6.18. The maximum absolute atomic E-state index is 13.4. The Morgan fingerprint density at radius 3 is 1.86 bits per heavy atom. The predicted molar refractivity (Wildman–Crippen MR) is 55.8 cm³/mol. The zero-order valence-electron chi connectivity index (χ0n) is 9.94. The Labute approximate surface area is 113 Å². The van der Waals surface area contributed by atoms with E-state index in [1.807, 2.05) is 4.85 Å². The van der Waals surface area contributed by atoms with Gasteiger partial charge in [0.2, 0.25) is 5.91 Å². The smallest absolute Gasteiger partial charge is 0.290 e. The molecule has 0 saturated heterocycles. The Morgan fingerprint density at radius 1 is 1.14 bits per heavy atom. The molecule has 13 heteroatoms. The molecule has 0 aliphatic rings. The first-order chi connectivity index (χ1) is 9.19. The van der Waals surface area contributed by atoms with E-state index in [0.717, 1.165) is 5.32 Å². The number of carbonyl (C=O) groups is 3. The monoisotopic (exact) mass is 337 g/mol. The molecule has 1 unspecified atom stereocenters. The van der Waals surface area contributed by atoms with Gasteiger partial charge in [-0.25, -0.2) is 8.42 Å². The first kappa shape index (κ1) is 18.9. The van der Waals surface area contributed by atoms with Gasteiger partial charge in [-0.15, -0.1) is 0 Å². The van der Waals surface area contributed by atoms with Crippen LogP contribution in [0.5, 0.6) is 0 Å². The van der Waals surface area contributed by atoms with Crippen molar-refractivity contribution in [2.24, 2.45) is 0 Å². The molecule has 1 N–H and O–H groups in total. The molecule has 0 fully saturated rings. The van der Waals surface area contributed by atoms with E-state index in [4.69, 9.17) is 0 Å². The SMILES string of the molecule is C#[N+]C(C(=O)C(F)(F)F)S(=O)(=O)C(F)(F)C(=O)NC(C)=O. The van der Waals surface area contributed by atoms with Crippen molar-refractivity contribution in [1.82, 2.24) is 5.32 Å². The Kier molecular flexibility index (Phi) is 5.15. The Bertz CT molecular complexity index is 618. The van der Waals surface area contributed by atoms with Crippen LogP contribution in [0.3, 0.4) is 0 Å². The molecule has 118 valence electrons. The fraction of sp³-hybridized carbons (Fsp3) is 0.500. The van der Waals surface area contributed by atoms with Crippen molar-refractivity contribution in [3.05, 3.63) is 4.85 Å². The molecular weight excluding hydrogens is 331 g/mol. The zero-order valence-corrected chi connectivity index (χ0v) is 10.8. The summed E-state index contributed by atoms with van der Waals surface area (Å²) < 4.78 is 85.5. The van der Waals surface area contributed by atoms with Crippen LogP contribution in [0.15, 0.2) is 0 Å². The normalized spacial score (nSPS) is 14.0. The highest BCUT2D eigenvalue weighted by atomic mass is 32.2. The fourth-order valence-electron chi connectivity index (χ4n) is 0.931. The van der Waals surface area contributed by atoms with Crippen LogP contribution < -0.4 is 5.32 Å². The van der Waals surface area contributed by atoms with Crippen LogP contribution in [0.2, 0.25) is 0 Å². The number of amides is 2. The summed E-state index contributed by atoms with van der Waals surface area (Å²) in [5.41, 5.74) is 0. The summed E-state index contributed by atoms with van der Waals surface area (Å²) in [6.45, 7) is 4.81. The molecule has 0 aromatic heterocycles. The Morgan fingerprint density at radius 2 is 1.57 bits per heavy atom. The maximum Gasteiger partial charge on any atom is 0.459 e. The van der Waals surface area contributed by atoms with E-state index >= 15 is 0 Å². The first-order valence-electron chi connectivity index (χ1n) is 4.64. The van der Waals surface area contributed by atoms with Gasteiger partial charge in [0.1, 0.15) is 0 Å². The lowest BCUT2D eigenvalue weighted by Crippen LogP contribution is -2.53. The molecule has 0 spiro atoms. The lowest BCUT2D eigenvalue weighted by molar-refractivity contribution is -0.169. The zero-order chi connectivity index (χ0) is 17.2. The van der Waals surface area contributed by atoms with E-state index in [1.54, 1.807) is 0 Å². The number of hydrogen-bond donors (Lipinski definition) is 1. The third-order valence-corrected chi connectivity index (χ3v) is 3.67. The molecule has 0 aliphatic carbocycles. The average Bonchev–Trinajstić information content (AvgIpc) is 2.26. The van der Waals surface area contributed by atoms with Crippen molar-refractivity contribution >= 4 is 27.4 Å². The van der Waals surface area contributed by atoms with Crippen molar-refractivity contribution < 1.29 is 44.8 Å². The van der Waals surface area contributed by atoms with Crippen LogP contribution >= 0.6 is 0 Å². The highest BCUT2D eigenvalue weighted by Gasteiger charge is 2.67. The standard InChI is InChI=1S/C8H5F5N2O5S/c1-3(16)15-6(18)8(12,13)21(19,20)5(14-2)4(17)7(9,10)11/h2,5H,1H3/p+1. The number of carbonyl (C=O) groups excluding carboxylic acids is 3. The molecule has 0 radical (unpaired) electrons. The number of alkyl halides is 5. The summed E-state index contributed by atoms with van der Waals surface area (Å²) in [6.07, 6.45) is -5.84. The molecule has 0 aliphatic heterocycles. The van der Waals surface area contributed by atoms with Gasteiger partial charge >= 0.3 is 38.3 Å². The molecule has 0 saturated carbocycles. The van der Waals surface area contributed by atoms with Crippen LogP contribution in [0.1, 0.15) is 6.92 Å². The average molecular weight is 337 g/mol. The van der Waals surface area contributed by atoms with E-state index < -0.39 is 44.2 Å². The molecular formula is C8H6F5N2O5S+. The molecule has 0 aromatic carbocycles. The van der Waals surface area contributed by atoms with Gasteiger partial charge in [-0.05, 0) is 0 Å². The molecule has 0 bridgehead atoms. The molecule has 0 aromatic rings. The van der Waals surface area contributed by atoms with Gasteiger partial charge in [0.05, 0.1) is 0 Å². The van der Waals surface area contributed by atoms with Crippen molar-refractivity contribution in [3.63, 3.8) is 0 Å². The highest BCUT2D eigenvalue weighted by Crippen LogP contribution is 2.31. The van der Waals surface area contributed by atoms with Crippen molar-refractivity contribution in [2.75, 3.05) is 0 Å². The molecule has 2 amide bonds. The lowest BCUT2D eigenvalue weighted by atomic mass is 10.4. The molecule has 7 nitrogen and oxygen atoms in total. The molecule has 0 heterocycles. The summed E-state index contributed by atoms with van der Waals surface area (Å²) in [4.78, 5) is 34.0. The number of imide groups is 1. The van der Waals surface area contributed by atoms with E-state index in [0.29, 0.717) is 6.92 Å². The molecule has 21 heavy (non-hydrogen) atoms. The summed E-state index contributed by atoms with van der Waals surface area (Å²) >= 11 is 0. The molecule has 1 atom stereocenters. The van der Waals surface area contributed by atoms with E-state index in [1.165, 1.54) is 0 Å². The van der Waals surface area contributed by atoms with Crippen LogP contribution in [0.25, 0.3) is 4.85 Å². The second-order valence-corrected chi connectivity index (χ2v) is 5.48. The van der Waals surface area contributed by atoms with Crippen LogP contribution in [0.4, 0.5) is 22.0 Å². The Hall–Kier alpha value is -2.10. The Balaban J connectivity index is 5.85. The predicted octanol–water partition coefficient (Wildman–Crippen LogP) is 0.0769. The lowest BCUT2D eigenvalue weighted by Gasteiger charge is -2.15. The van der Waals surface area contributed by atoms with Crippen molar-refractivity contribution in [3.8, 4) is 6.57 Å². The summed E-state index contributed by atoms with van der Waals surface area (Å²) in [5, 5.41) is -8.42. The van der Waals surface area contributed by atoms with Crippen LogP contribution in [-0.4, -0.2) is 42.8 Å². The van der Waals surface area contributed by atoms with Gasteiger partial charge in [0.15, 0.2) is 0 Å². The number of nitrogens with one attached hydrogen (secondary N) is 1. The second-order valence-electron chi connectivity index (χ2n) is 3.44. The van der Waals surface area contributed by atoms with Gasteiger partial charge in [-0.3, -0.25) is 19.7 Å². The summed E-state index contributed by atoms with van der Waals surface area (Å²) in [6, 6.07) is 0. The minimum Gasteiger partial charge on any atom is -0.290 e. The van der Waals surface area contributed by atoms with E-state index in [9.17, 15) is 44.8 Å². The number of Topliss-reactive ketones (excluding diaryl/α,β-unsaturated/α-hetero) is 1. The third kappa shape index (κ3) is 3.72. The topological polar surface area (TPSA) is 102 Å². The number of halogens is 5. The fourth-order valence-corrected chi connectivity index (χ4v) is 2.10. The minimum absolute atomic E-state index is 0.562. The van der Waals surface area contributed by atoms with Crippen LogP contribution in [0, 0.1) is 6.57 Å². The number of rotatable bonds is 4. The largest absolute Gasteiger partial charge is 0.459 e. The van der Waals surface area contributed by atoms with E-state index in [2.05, 4.69) is 6.57 Å². The van der Waals surface area contributed by atoms with Crippen molar-refractivity contribution in [2.45, 2.75) is 23.7 Å². The van der Waals surface area contributed by atoms with Gasteiger partial charge in [0.25, 0.3) is 6.57 Å². The van der Waals surface area contributed by atoms with Gasteiger partial charge in [-0.1, -0.05) is 4.85 Å². The minimum atomic E-state index is -6.44. The third-order valence-electron chi connectivity index (χ3n) is 1.84. The molecule has 0 rings (SSSR count). The number of sulfone groups is 1. The number of nitrogens with zero attached hydrogens (tertiary/aromatic N) is 1. The van der Waals surface area contributed by atoms with Crippen molar-refractivity contribution in [1.29, 1.82) is 0 Å². The van der Waals surface area contributed by atoms with E-state index in [-0.39, 0.29) is 0 Å². The van der Waals surface area contributed by atoms with Gasteiger partial charge in [0, 0.05) is 6.92 Å². The summed E-state index contributed by atoms with van der Waals surface area (Å²) in [7, 11) is -6.44.